The summed E-state index contributed by atoms with van der Waals surface area (Å²) in [6.45, 7) is 0. The predicted molar refractivity (Wildman–Crippen MR) is 77.2 cm³/mol. The number of nitriles is 1. The van der Waals surface area contributed by atoms with E-state index in [1.807, 2.05) is 0 Å². The van der Waals surface area contributed by atoms with E-state index in [1.165, 1.54) is 22.8 Å². The molecule has 1 N–H and O–H groups in total. The van der Waals surface area contributed by atoms with Crippen LogP contribution in [0.4, 0.5) is 19.1 Å². The van der Waals surface area contributed by atoms with Crippen molar-refractivity contribution in [1.29, 1.82) is 5.26 Å². The molecule has 0 unspecified atom stereocenters. The zero-order chi connectivity index (χ0) is 17.3. The topological polar surface area (TPSA) is 83.1 Å². The molecular formula is C15H8F3N5O. The van der Waals surface area contributed by atoms with E-state index in [1.54, 1.807) is 6.07 Å². The maximum absolute atomic E-state index is 13.8. The number of carbonyl (C=O) groups excluding carboxylic acids is 1. The van der Waals surface area contributed by atoms with Crippen LogP contribution in [0.5, 0.6) is 0 Å². The Morgan fingerprint density at radius 2 is 1.96 bits per heavy atom. The molecule has 0 aliphatic heterocycles. The Hall–Kier alpha value is -3.41. The number of nitrogens with one attached hydrogen (secondary N) is 1. The minimum atomic E-state index is -1.05. The number of carbonyl (C=O) groups is 1. The van der Waals surface area contributed by atoms with Gasteiger partial charge in [-0.15, -0.1) is 5.10 Å². The first-order valence-corrected chi connectivity index (χ1v) is 6.66. The molecule has 3 aromatic rings. The number of benzene rings is 1. The van der Waals surface area contributed by atoms with Crippen LogP contribution in [0, 0.1) is 28.8 Å². The second-order valence-electron chi connectivity index (χ2n) is 4.78. The second-order valence-corrected chi connectivity index (χ2v) is 4.78. The van der Waals surface area contributed by atoms with Crippen LogP contribution in [0.15, 0.2) is 30.5 Å². The van der Waals surface area contributed by atoms with Crippen molar-refractivity contribution in [2.45, 2.75) is 6.42 Å². The molecule has 2 aromatic heterocycles. The van der Waals surface area contributed by atoms with Crippen molar-refractivity contribution in [2.75, 3.05) is 5.32 Å². The standard InChI is InChI=1S/C15H8F3N5O/c16-9-5-10(17)14(11(18)6-9)8-1-2-12-20-15(22-23(12)7-8)21-13(24)3-4-19/h1-2,5-7H,3H2,(H,21,22,24). The molecule has 2 heterocycles. The number of amides is 1. The highest BCUT2D eigenvalue weighted by Crippen LogP contribution is 2.27. The lowest BCUT2D eigenvalue weighted by Gasteiger charge is -2.05. The van der Waals surface area contributed by atoms with E-state index >= 15 is 0 Å². The van der Waals surface area contributed by atoms with Gasteiger partial charge in [-0.1, -0.05) is 0 Å². The van der Waals surface area contributed by atoms with Gasteiger partial charge in [0.2, 0.25) is 11.9 Å². The van der Waals surface area contributed by atoms with Crippen LogP contribution in [0.1, 0.15) is 6.42 Å². The number of aromatic nitrogens is 3. The third-order valence-corrected chi connectivity index (χ3v) is 3.12. The fourth-order valence-corrected chi connectivity index (χ4v) is 2.14. The van der Waals surface area contributed by atoms with E-state index in [2.05, 4.69) is 15.4 Å². The fraction of sp³-hybridized carbons (Fsp3) is 0.0667. The highest BCUT2D eigenvalue weighted by molar-refractivity contribution is 5.90. The number of halogens is 3. The number of hydrogen-bond acceptors (Lipinski definition) is 4. The van der Waals surface area contributed by atoms with Gasteiger partial charge in [-0.25, -0.2) is 17.7 Å². The second kappa shape index (κ2) is 6.00. The summed E-state index contributed by atoms with van der Waals surface area (Å²) in [6.07, 6.45) is 0.939. The van der Waals surface area contributed by atoms with Gasteiger partial charge in [0.1, 0.15) is 23.9 Å². The predicted octanol–water partition coefficient (Wildman–Crippen LogP) is 2.67. The lowest BCUT2D eigenvalue weighted by atomic mass is 10.1. The summed E-state index contributed by atoms with van der Waals surface area (Å²) in [4.78, 5) is 15.3. The summed E-state index contributed by atoms with van der Waals surface area (Å²) < 4.78 is 41.9. The maximum Gasteiger partial charge on any atom is 0.249 e. The lowest BCUT2D eigenvalue weighted by molar-refractivity contribution is -0.115. The zero-order valence-corrected chi connectivity index (χ0v) is 11.9. The maximum atomic E-state index is 13.8. The summed E-state index contributed by atoms with van der Waals surface area (Å²) in [5, 5.41) is 14.7. The quantitative estimate of drug-likeness (QED) is 0.800. The van der Waals surface area contributed by atoms with Crippen molar-refractivity contribution in [3.05, 3.63) is 47.9 Å². The third-order valence-electron chi connectivity index (χ3n) is 3.12. The van der Waals surface area contributed by atoms with Crippen molar-refractivity contribution in [3.8, 4) is 17.2 Å². The van der Waals surface area contributed by atoms with Gasteiger partial charge in [-0.3, -0.25) is 10.1 Å². The van der Waals surface area contributed by atoms with E-state index in [-0.39, 0.29) is 17.9 Å². The van der Waals surface area contributed by atoms with E-state index in [0.29, 0.717) is 17.8 Å². The number of anilines is 1. The highest BCUT2D eigenvalue weighted by atomic mass is 19.1. The Morgan fingerprint density at radius 1 is 1.25 bits per heavy atom. The van der Waals surface area contributed by atoms with Gasteiger partial charge >= 0.3 is 0 Å². The molecule has 3 rings (SSSR count). The first kappa shape index (κ1) is 15.5. The highest BCUT2D eigenvalue weighted by Gasteiger charge is 2.15. The van der Waals surface area contributed by atoms with Crippen LogP contribution in [0.2, 0.25) is 0 Å². The molecule has 0 saturated carbocycles. The number of hydrogen-bond donors (Lipinski definition) is 1. The van der Waals surface area contributed by atoms with E-state index < -0.39 is 28.9 Å². The summed E-state index contributed by atoms with van der Waals surface area (Å²) in [6, 6.07) is 5.67. The van der Waals surface area contributed by atoms with Gasteiger partial charge in [0, 0.05) is 23.9 Å². The molecule has 0 spiro atoms. The molecule has 0 atom stereocenters. The molecule has 24 heavy (non-hydrogen) atoms. The summed E-state index contributed by atoms with van der Waals surface area (Å²) >= 11 is 0. The molecule has 1 aromatic carbocycles. The Bertz CT molecular complexity index is 969. The molecule has 1 amide bonds. The van der Waals surface area contributed by atoms with E-state index in [9.17, 15) is 18.0 Å². The Morgan fingerprint density at radius 3 is 2.62 bits per heavy atom. The van der Waals surface area contributed by atoms with Gasteiger partial charge in [0.15, 0.2) is 5.65 Å². The van der Waals surface area contributed by atoms with E-state index in [4.69, 9.17) is 5.26 Å². The Labute approximate surface area is 133 Å². The molecule has 6 nitrogen and oxygen atoms in total. The fourth-order valence-electron chi connectivity index (χ4n) is 2.14. The van der Waals surface area contributed by atoms with Crippen molar-refractivity contribution in [3.63, 3.8) is 0 Å². The van der Waals surface area contributed by atoms with Gasteiger partial charge in [0.25, 0.3) is 0 Å². The minimum Gasteiger partial charge on any atom is -0.292 e. The van der Waals surface area contributed by atoms with Crippen LogP contribution >= 0.6 is 0 Å². The molecule has 9 heteroatoms. The molecule has 0 bridgehead atoms. The van der Waals surface area contributed by atoms with Gasteiger partial charge in [-0.05, 0) is 12.1 Å². The third kappa shape index (κ3) is 2.89. The van der Waals surface area contributed by atoms with Crippen molar-refractivity contribution >= 4 is 17.5 Å². The number of rotatable bonds is 3. The van der Waals surface area contributed by atoms with Crippen molar-refractivity contribution in [1.82, 2.24) is 14.6 Å². The Kier molecular flexibility index (Phi) is 3.87. The van der Waals surface area contributed by atoms with Crippen LogP contribution < -0.4 is 5.32 Å². The van der Waals surface area contributed by atoms with Gasteiger partial charge in [-0.2, -0.15) is 10.2 Å². The van der Waals surface area contributed by atoms with E-state index in [0.717, 1.165) is 0 Å². The SMILES string of the molecule is N#CCC(=O)Nc1nc2ccc(-c3c(F)cc(F)cc3F)cn2n1. The molecule has 120 valence electrons. The van der Waals surface area contributed by atoms with Gasteiger partial charge < -0.3 is 0 Å². The average molecular weight is 331 g/mol. The van der Waals surface area contributed by atoms with Crippen LogP contribution in [0.3, 0.4) is 0 Å². The number of pyridine rings is 1. The summed E-state index contributed by atoms with van der Waals surface area (Å²) in [5.74, 6) is -3.74. The van der Waals surface area contributed by atoms with Gasteiger partial charge in [0.05, 0.1) is 11.6 Å². The van der Waals surface area contributed by atoms with Crippen LogP contribution in [-0.4, -0.2) is 20.5 Å². The average Bonchev–Trinajstić information content (AvgIpc) is 2.87. The molecule has 0 aliphatic carbocycles. The van der Waals surface area contributed by atoms with Crippen molar-refractivity contribution < 1.29 is 18.0 Å². The van der Waals surface area contributed by atoms with Crippen LogP contribution in [0.25, 0.3) is 16.8 Å². The van der Waals surface area contributed by atoms with Crippen molar-refractivity contribution in [2.24, 2.45) is 0 Å². The monoisotopic (exact) mass is 331 g/mol. The minimum absolute atomic E-state index is 0.0487. The molecule has 0 radical (unpaired) electrons. The summed E-state index contributed by atoms with van der Waals surface area (Å²) in [5.41, 5.74) is 0.0371. The summed E-state index contributed by atoms with van der Waals surface area (Å²) in [7, 11) is 0. The van der Waals surface area contributed by atoms with Crippen LogP contribution in [-0.2, 0) is 4.79 Å². The molecule has 0 fully saturated rings. The zero-order valence-electron chi connectivity index (χ0n) is 11.9. The largest absolute Gasteiger partial charge is 0.292 e. The molecular weight excluding hydrogens is 323 g/mol. The molecule has 0 saturated heterocycles. The number of fused-ring (bicyclic) bond motifs is 1. The smallest absolute Gasteiger partial charge is 0.249 e. The molecule has 0 aliphatic rings. The normalized spacial score (nSPS) is 10.6. The number of nitrogens with zero attached hydrogens (tertiary/aromatic N) is 4. The first-order valence-electron chi connectivity index (χ1n) is 6.66. The lowest BCUT2D eigenvalue weighted by Crippen LogP contribution is -2.11. The first-order chi connectivity index (χ1) is 11.5. The Balaban J connectivity index is 2.01.